The molecule has 0 saturated heterocycles. The Balaban J connectivity index is 1.68. The molecule has 25 heavy (non-hydrogen) atoms. The Bertz CT molecular complexity index is 877. The van der Waals surface area contributed by atoms with Crippen LogP contribution in [0.1, 0.15) is 41.7 Å². The predicted molar refractivity (Wildman–Crippen MR) is 97.1 cm³/mol. The molecular formula is C18H19ClN2O3S. The maximum absolute atomic E-state index is 12.4. The van der Waals surface area contributed by atoms with Gasteiger partial charge in [-0.25, -0.2) is 13.1 Å². The zero-order valence-electron chi connectivity index (χ0n) is 13.7. The molecule has 2 N–H and O–H groups in total. The van der Waals surface area contributed by atoms with E-state index >= 15 is 0 Å². The molecule has 7 heteroatoms. The van der Waals surface area contributed by atoms with E-state index in [0.717, 1.165) is 18.4 Å². The van der Waals surface area contributed by atoms with Crippen LogP contribution in [0.15, 0.2) is 53.4 Å². The summed E-state index contributed by atoms with van der Waals surface area (Å²) in [4.78, 5) is 12.5. The highest BCUT2D eigenvalue weighted by atomic mass is 35.5. The largest absolute Gasteiger partial charge is 0.346 e. The second-order valence-corrected chi connectivity index (χ2v) is 8.32. The van der Waals surface area contributed by atoms with Gasteiger partial charge in [-0.3, -0.25) is 4.79 Å². The van der Waals surface area contributed by atoms with Gasteiger partial charge in [-0.2, -0.15) is 0 Å². The van der Waals surface area contributed by atoms with E-state index in [1.165, 1.54) is 24.3 Å². The number of carbonyl (C=O) groups is 1. The maximum Gasteiger partial charge on any atom is 0.251 e. The van der Waals surface area contributed by atoms with Gasteiger partial charge in [-0.1, -0.05) is 23.7 Å². The zero-order chi connectivity index (χ0) is 18.0. The second kappa shape index (κ2) is 7.15. The lowest BCUT2D eigenvalue weighted by Gasteiger charge is -2.15. The number of benzene rings is 2. The molecule has 0 aromatic heterocycles. The van der Waals surface area contributed by atoms with Gasteiger partial charge in [-0.15, -0.1) is 0 Å². The first-order valence-electron chi connectivity index (χ1n) is 8.04. The number of nitrogens with one attached hydrogen (secondary N) is 2. The van der Waals surface area contributed by atoms with E-state index in [2.05, 4.69) is 10.0 Å². The van der Waals surface area contributed by atoms with Crippen molar-refractivity contribution in [1.82, 2.24) is 10.0 Å². The Morgan fingerprint density at radius 1 is 1.16 bits per heavy atom. The van der Waals surface area contributed by atoms with Gasteiger partial charge in [0.05, 0.1) is 10.9 Å². The van der Waals surface area contributed by atoms with Crippen molar-refractivity contribution >= 4 is 27.5 Å². The van der Waals surface area contributed by atoms with Crippen LogP contribution < -0.4 is 10.0 Å². The van der Waals surface area contributed by atoms with Crippen LogP contribution in [0.2, 0.25) is 5.02 Å². The molecule has 1 saturated carbocycles. The molecule has 1 amide bonds. The van der Waals surface area contributed by atoms with E-state index in [1.54, 1.807) is 12.1 Å². The number of rotatable bonds is 6. The summed E-state index contributed by atoms with van der Waals surface area (Å²) in [5.41, 5.74) is 1.30. The highest BCUT2D eigenvalue weighted by Gasteiger charge is 2.28. The molecular weight excluding hydrogens is 360 g/mol. The lowest BCUT2D eigenvalue weighted by molar-refractivity contribution is 0.0940. The minimum atomic E-state index is -3.51. The molecule has 1 aliphatic rings. The third kappa shape index (κ3) is 4.60. The van der Waals surface area contributed by atoms with Gasteiger partial charge in [0.15, 0.2) is 0 Å². The van der Waals surface area contributed by atoms with Crippen LogP contribution in [-0.4, -0.2) is 20.4 Å². The van der Waals surface area contributed by atoms with Crippen LogP contribution >= 0.6 is 11.6 Å². The maximum atomic E-state index is 12.4. The SMILES string of the molecule is C[C@@H](NC(=O)c1ccc(S(=O)(=O)NC2CC2)cc1)c1cccc(Cl)c1. The average molecular weight is 379 g/mol. The van der Waals surface area contributed by atoms with Crippen molar-refractivity contribution in [3.8, 4) is 0 Å². The molecule has 0 aliphatic heterocycles. The third-order valence-corrected chi connectivity index (χ3v) is 5.79. The summed E-state index contributed by atoms with van der Waals surface area (Å²) in [5.74, 6) is -0.272. The number of amides is 1. The molecule has 0 bridgehead atoms. The normalized spacial score (nSPS) is 15.6. The Morgan fingerprint density at radius 2 is 1.84 bits per heavy atom. The number of hydrogen-bond donors (Lipinski definition) is 2. The number of sulfonamides is 1. The summed E-state index contributed by atoms with van der Waals surface area (Å²) in [6, 6.07) is 13.0. The zero-order valence-corrected chi connectivity index (χ0v) is 15.3. The number of hydrogen-bond acceptors (Lipinski definition) is 3. The summed E-state index contributed by atoms with van der Waals surface area (Å²) in [6.45, 7) is 1.86. The summed E-state index contributed by atoms with van der Waals surface area (Å²) in [7, 11) is -3.51. The van der Waals surface area contributed by atoms with Crippen molar-refractivity contribution in [2.45, 2.75) is 36.7 Å². The van der Waals surface area contributed by atoms with E-state index in [0.29, 0.717) is 10.6 Å². The molecule has 132 valence electrons. The summed E-state index contributed by atoms with van der Waals surface area (Å²) in [6.07, 6.45) is 1.75. The lowest BCUT2D eigenvalue weighted by atomic mass is 10.1. The molecule has 5 nitrogen and oxygen atoms in total. The monoisotopic (exact) mass is 378 g/mol. The van der Waals surface area contributed by atoms with Gasteiger partial charge in [0, 0.05) is 16.6 Å². The number of halogens is 1. The summed E-state index contributed by atoms with van der Waals surface area (Å²) < 4.78 is 26.9. The quantitative estimate of drug-likeness (QED) is 0.810. The van der Waals surface area contributed by atoms with Gasteiger partial charge < -0.3 is 5.32 Å². The molecule has 1 atom stereocenters. The molecule has 3 rings (SSSR count). The summed E-state index contributed by atoms with van der Waals surface area (Å²) >= 11 is 5.97. The van der Waals surface area contributed by atoms with Gasteiger partial charge in [0.2, 0.25) is 10.0 Å². The van der Waals surface area contributed by atoms with Crippen LogP contribution in [0.5, 0.6) is 0 Å². The van der Waals surface area contributed by atoms with Crippen molar-refractivity contribution in [3.05, 3.63) is 64.7 Å². The standard InChI is InChI=1S/C18H19ClN2O3S/c1-12(14-3-2-4-15(19)11-14)20-18(22)13-5-9-17(10-6-13)25(23,24)21-16-7-8-16/h2-6,9-12,16,21H,7-8H2,1H3,(H,20,22)/t12-/m1/s1. The van der Waals surface area contributed by atoms with Crippen LogP contribution in [0, 0.1) is 0 Å². The van der Waals surface area contributed by atoms with E-state index in [4.69, 9.17) is 11.6 Å². The Morgan fingerprint density at radius 3 is 2.44 bits per heavy atom. The van der Waals surface area contributed by atoms with Crippen molar-refractivity contribution in [2.75, 3.05) is 0 Å². The van der Waals surface area contributed by atoms with Gasteiger partial charge in [0.1, 0.15) is 0 Å². The van der Waals surface area contributed by atoms with E-state index < -0.39 is 10.0 Å². The van der Waals surface area contributed by atoms with Gasteiger partial charge in [-0.05, 0) is 61.7 Å². The Labute approximate surface area is 152 Å². The fourth-order valence-corrected chi connectivity index (χ4v) is 3.92. The van der Waals surface area contributed by atoms with Crippen LogP contribution in [0.4, 0.5) is 0 Å². The minimum Gasteiger partial charge on any atom is -0.346 e. The fourth-order valence-electron chi connectivity index (χ4n) is 2.41. The van der Waals surface area contributed by atoms with Crippen LogP contribution in [0.25, 0.3) is 0 Å². The first kappa shape index (κ1) is 17.9. The molecule has 1 aliphatic carbocycles. The molecule has 2 aromatic carbocycles. The molecule has 2 aromatic rings. The van der Waals surface area contributed by atoms with E-state index in [9.17, 15) is 13.2 Å². The van der Waals surface area contributed by atoms with Crippen molar-refractivity contribution in [3.63, 3.8) is 0 Å². The molecule has 0 spiro atoms. The second-order valence-electron chi connectivity index (χ2n) is 6.17. The third-order valence-electron chi connectivity index (χ3n) is 4.02. The molecule has 1 fully saturated rings. The first-order valence-corrected chi connectivity index (χ1v) is 9.90. The van der Waals surface area contributed by atoms with E-state index in [1.807, 2.05) is 19.1 Å². The average Bonchev–Trinajstić information content (AvgIpc) is 3.38. The molecule has 0 radical (unpaired) electrons. The Kier molecular flexibility index (Phi) is 5.13. The van der Waals surface area contributed by atoms with Crippen LogP contribution in [0.3, 0.4) is 0 Å². The van der Waals surface area contributed by atoms with Gasteiger partial charge >= 0.3 is 0 Å². The van der Waals surface area contributed by atoms with Crippen molar-refractivity contribution < 1.29 is 13.2 Å². The minimum absolute atomic E-state index is 0.0477. The van der Waals surface area contributed by atoms with Crippen molar-refractivity contribution in [1.29, 1.82) is 0 Å². The van der Waals surface area contributed by atoms with Crippen LogP contribution in [-0.2, 0) is 10.0 Å². The molecule has 0 unspecified atom stereocenters. The Hall–Kier alpha value is -1.89. The fraction of sp³-hybridized carbons (Fsp3) is 0.278. The number of carbonyl (C=O) groups excluding carboxylic acids is 1. The highest BCUT2D eigenvalue weighted by molar-refractivity contribution is 7.89. The first-order chi connectivity index (χ1) is 11.8. The topological polar surface area (TPSA) is 75.3 Å². The van der Waals surface area contributed by atoms with Crippen molar-refractivity contribution in [2.24, 2.45) is 0 Å². The summed E-state index contributed by atoms with van der Waals surface area (Å²) in [5, 5.41) is 3.49. The molecule has 0 heterocycles. The lowest BCUT2D eigenvalue weighted by Crippen LogP contribution is -2.27. The smallest absolute Gasteiger partial charge is 0.251 e. The highest BCUT2D eigenvalue weighted by Crippen LogP contribution is 2.22. The van der Waals surface area contributed by atoms with Gasteiger partial charge in [0.25, 0.3) is 5.91 Å². The van der Waals surface area contributed by atoms with E-state index in [-0.39, 0.29) is 22.9 Å². The predicted octanol–water partition coefficient (Wildman–Crippen LogP) is 3.27.